The van der Waals surface area contributed by atoms with Crippen LogP contribution in [0.1, 0.15) is 46.9 Å². The molecule has 0 saturated heterocycles. The van der Waals surface area contributed by atoms with Crippen LogP contribution in [0.2, 0.25) is 0 Å². The first-order valence-electron chi connectivity index (χ1n) is 9.36. The molecule has 0 spiro atoms. The van der Waals surface area contributed by atoms with Crippen LogP contribution >= 0.6 is 0 Å². The van der Waals surface area contributed by atoms with Gasteiger partial charge in [0.1, 0.15) is 0 Å². The molecule has 136 valence electrons. The lowest BCUT2D eigenvalue weighted by atomic mass is 9.67. The number of benzene rings is 2. The van der Waals surface area contributed by atoms with Gasteiger partial charge in [-0.3, -0.25) is 9.78 Å². The number of fused-ring (bicyclic) bond motifs is 6. The lowest BCUT2D eigenvalue weighted by molar-refractivity contribution is 0.102. The number of hydrogen-bond acceptors (Lipinski definition) is 3. The van der Waals surface area contributed by atoms with Gasteiger partial charge >= 0.3 is 0 Å². The summed E-state index contributed by atoms with van der Waals surface area (Å²) in [6.07, 6.45) is 1.80. The fraction of sp³-hybridized carbons (Fsp3) is 0.208. The number of aryl methyl sites for hydroxylation is 1. The summed E-state index contributed by atoms with van der Waals surface area (Å²) in [5.41, 5.74) is 4.25. The molecule has 2 aromatic carbocycles. The quantitative estimate of drug-likeness (QED) is 0.479. The fourth-order valence-electron chi connectivity index (χ4n) is 4.71. The van der Waals surface area contributed by atoms with Gasteiger partial charge in [0.05, 0.1) is 22.7 Å². The Bertz CT molecular complexity index is 1340. The van der Waals surface area contributed by atoms with Gasteiger partial charge in [0, 0.05) is 41.0 Å². The lowest BCUT2D eigenvalue weighted by Gasteiger charge is -2.34. The first-order chi connectivity index (χ1) is 13.5. The topological polar surface area (TPSA) is 58.7 Å². The third-order valence-corrected chi connectivity index (χ3v) is 6.00. The Balaban J connectivity index is 1.99. The zero-order valence-corrected chi connectivity index (χ0v) is 16.0. The lowest BCUT2D eigenvalue weighted by Crippen LogP contribution is -2.30. The van der Waals surface area contributed by atoms with Crippen LogP contribution in [-0.2, 0) is 7.05 Å². The van der Waals surface area contributed by atoms with Crippen molar-refractivity contribution in [1.82, 2.24) is 9.55 Å². The highest BCUT2D eigenvalue weighted by atomic mass is 16.1. The highest BCUT2D eigenvalue weighted by molar-refractivity contribution is 6.20. The average molecular weight is 365 g/mol. The van der Waals surface area contributed by atoms with Gasteiger partial charge in [-0.2, -0.15) is 5.26 Å². The van der Waals surface area contributed by atoms with Crippen molar-refractivity contribution in [2.45, 2.75) is 19.8 Å². The van der Waals surface area contributed by atoms with Crippen molar-refractivity contribution >= 4 is 27.6 Å². The van der Waals surface area contributed by atoms with Crippen LogP contribution in [0.5, 0.6) is 0 Å². The molecular weight excluding hydrogens is 346 g/mol. The summed E-state index contributed by atoms with van der Waals surface area (Å²) in [6, 6.07) is 18.2. The van der Waals surface area contributed by atoms with E-state index >= 15 is 0 Å². The number of hydrogen-bond donors (Lipinski definition) is 0. The minimum atomic E-state index is -0.696. The van der Waals surface area contributed by atoms with Crippen molar-refractivity contribution in [1.29, 1.82) is 5.26 Å². The van der Waals surface area contributed by atoms with Crippen LogP contribution in [-0.4, -0.2) is 15.3 Å². The number of para-hydroxylation sites is 2. The molecule has 4 aromatic rings. The summed E-state index contributed by atoms with van der Waals surface area (Å²) in [4.78, 5) is 18.4. The molecule has 1 aliphatic rings. The van der Waals surface area contributed by atoms with Crippen molar-refractivity contribution in [3.8, 4) is 6.07 Å². The Labute approximate surface area is 163 Å². The summed E-state index contributed by atoms with van der Waals surface area (Å²) in [6.45, 7) is 3.88. The van der Waals surface area contributed by atoms with E-state index in [1.54, 1.807) is 6.20 Å². The molecule has 1 atom stereocenters. The molecule has 0 aliphatic heterocycles. The number of nitriles is 1. The summed E-state index contributed by atoms with van der Waals surface area (Å²) in [5.74, 6) is -0.226. The minimum absolute atomic E-state index is 0.00675. The van der Waals surface area contributed by atoms with E-state index in [0.29, 0.717) is 11.3 Å². The monoisotopic (exact) mass is 365 g/mol. The molecule has 0 amide bonds. The number of rotatable bonds is 1. The second-order valence-corrected chi connectivity index (χ2v) is 8.04. The maximum atomic E-state index is 13.7. The SMILES string of the molecule is Cn1c2c(c3ccccc31)C(C(C)(C)C#N)c1cnc3ccccc3c1C2=O. The van der Waals surface area contributed by atoms with Gasteiger partial charge in [0.15, 0.2) is 0 Å². The van der Waals surface area contributed by atoms with E-state index in [4.69, 9.17) is 0 Å². The summed E-state index contributed by atoms with van der Waals surface area (Å²) in [7, 11) is 1.93. The first kappa shape index (κ1) is 16.7. The predicted octanol–water partition coefficient (Wildman–Crippen LogP) is 4.95. The van der Waals surface area contributed by atoms with Gasteiger partial charge in [-0.15, -0.1) is 0 Å². The molecule has 4 heteroatoms. The maximum Gasteiger partial charge on any atom is 0.210 e. The minimum Gasteiger partial charge on any atom is -0.341 e. The van der Waals surface area contributed by atoms with E-state index in [2.05, 4.69) is 11.1 Å². The van der Waals surface area contributed by atoms with Gasteiger partial charge < -0.3 is 4.57 Å². The molecule has 2 aromatic heterocycles. The zero-order chi connectivity index (χ0) is 19.6. The van der Waals surface area contributed by atoms with E-state index in [1.807, 2.05) is 74.0 Å². The number of aromatic nitrogens is 2. The molecule has 0 saturated carbocycles. The van der Waals surface area contributed by atoms with Gasteiger partial charge in [0.2, 0.25) is 5.78 Å². The Kier molecular flexibility index (Phi) is 3.30. The Morgan fingerprint density at radius 1 is 1.07 bits per heavy atom. The Hall–Kier alpha value is -3.45. The van der Waals surface area contributed by atoms with E-state index in [9.17, 15) is 10.1 Å². The number of carbonyl (C=O) groups excluding carboxylic acids is 1. The van der Waals surface area contributed by atoms with Crippen LogP contribution < -0.4 is 0 Å². The molecular formula is C24H19N3O. The third-order valence-electron chi connectivity index (χ3n) is 6.00. The average Bonchev–Trinajstić information content (AvgIpc) is 3.01. The van der Waals surface area contributed by atoms with Crippen LogP contribution in [0.15, 0.2) is 54.7 Å². The number of pyridine rings is 1. The van der Waals surface area contributed by atoms with E-state index in [-0.39, 0.29) is 11.7 Å². The van der Waals surface area contributed by atoms with Gasteiger partial charge in [-0.05, 0) is 37.1 Å². The molecule has 0 bridgehead atoms. The summed E-state index contributed by atoms with van der Waals surface area (Å²) >= 11 is 0. The summed E-state index contributed by atoms with van der Waals surface area (Å²) in [5, 5.41) is 11.9. The standard InChI is InChI=1S/C24H19N3O/c1-24(2,13-25)21-16-12-26-17-10-6-4-8-14(17)19(16)23(28)22-20(21)15-9-5-7-11-18(15)27(22)3/h4-12,21H,1-3H3. The Morgan fingerprint density at radius 3 is 2.50 bits per heavy atom. The van der Waals surface area contributed by atoms with Crippen molar-refractivity contribution in [3.05, 3.63) is 77.1 Å². The predicted molar refractivity (Wildman–Crippen MR) is 109 cm³/mol. The smallest absolute Gasteiger partial charge is 0.210 e. The van der Waals surface area contributed by atoms with Crippen LogP contribution in [0.3, 0.4) is 0 Å². The number of ketones is 1. The molecule has 4 nitrogen and oxygen atoms in total. The fourth-order valence-corrected chi connectivity index (χ4v) is 4.71. The van der Waals surface area contributed by atoms with Crippen LogP contribution in [0.4, 0.5) is 0 Å². The molecule has 2 heterocycles. The van der Waals surface area contributed by atoms with Crippen LogP contribution in [0, 0.1) is 16.7 Å². The zero-order valence-electron chi connectivity index (χ0n) is 16.0. The molecule has 1 aliphatic carbocycles. The maximum absolute atomic E-state index is 13.7. The van der Waals surface area contributed by atoms with E-state index < -0.39 is 5.41 Å². The van der Waals surface area contributed by atoms with Crippen molar-refractivity contribution < 1.29 is 4.79 Å². The second kappa shape index (κ2) is 5.53. The molecule has 5 rings (SSSR count). The number of carbonyl (C=O) groups is 1. The molecule has 0 radical (unpaired) electrons. The molecule has 28 heavy (non-hydrogen) atoms. The van der Waals surface area contributed by atoms with Crippen molar-refractivity contribution in [2.24, 2.45) is 12.5 Å². The summed E-state index contributed by atoms with van der Waals surface area (Å²) < 4.78 is 1.98. The number of nitrogens with zero attached hydrogens (tertiary/aromatic N) is 3. The van der Waals surface area contributed by atoms with Gasteiger partial charge in [-0.1, -0.05) is 36.4 Å². The largest absolute Gasteiger partial charge is 0.341 e. The van der Waals surface area contributed by atoms with Gasteiger partial charge in [-0.25, -0.2) is 0 Å². The molecule has 0 fully saturated rings. The molecule has 0 N–H and O–H groups in total. The normalized spacial score (nSPS) is 16.1. The first-order valence-corrected chi connectivity index (χ1v) is 9.36. The van der Waals surface area contributed by atoms with Crippen LogP contribution in [0.25, 0.3) is 21.8 Å². The highest BCUT2D eigenvalue weighted by Gasteiger charge is 2.44. The third kappa shape index (κ3) is 1.99. The van der Waals surface area contributed by atoms with Gasteiger partial charge in [0.25, 0.3) is 0 Å². The highest BCUT2D eigenvalue weighted by Crippen LogP contribution is 2.50. The molecule has 1 unspecified atom stereocenters. The van der Waals surface area contributed by atoms with Crippen molar-refractivity contribution in [2.75, 3.05) is 0 Å². The van der Waals surface area contributed by atoms with Crippen molar-refractivity contribution in [3.63, 3.8) is 0 Å². The Morgan fingerprint density at radius 2 is 1.75 bits per heavy atom. The second-order valence-electron chi connectivity index (χ2n) is 8.04. The van der Waals surface area contributed by atoms with E-state index in [0.717, 1.165) is 32.9 Å². The van der Waals surface area contributed by atoms with E-state index in [1.165, 1.54) is 0 Å².